The average Bonchev–Trinajstić information content (AvgIpc) is 3.24. The van der Waals surface area contributed by atoms with Crippen molar-refractivity contribution < 1.29 is 4.42 Å². The molecule has 1 fully saturated rings. The Balaban J connectivity index is 1.64. The third-order valence-corrected chi connectivity index (χ3v) is 5.48. The molecule has 0 radical (unpaired) electrons. The van der Waals surface area contributed by atoms with Gasteiger partial charge in [0, 0.05) is 28.0 Å². The second-order valence-corrected chi connectivity index (χ2v) is 7.55. The lowest BCUT2D eigenvalue weighted by Gasteiger charge is -2.17. The van der Waals surface area contributed by atoms with E-state index >= 15 is 0 Å². The van der Waals surface area contributed by atoms with Crippen molar-refractivity contribution in [3.05, 3.63) is 51.6 Å². The highest BCUT2D eigenvalue weighted by Gasteiger charge is 2.20. The normalized spacial score (nSPS) is 16.0. The molecule has 3 nitrogen and oxygen atoms in total. The zero-order valence-corrected chi connectivity index (χ0v) is 15.6. The van der Waals surface area contributed by atoms with Crippen molar-refractivity contribution in [2.75, 3.05) is 0 Å². The molecule has 4 heteroatoms. The van der Waals surface area contributed by atoms with Crippen LogP contribution in [0.2, 0.25) is 0 Å². The molecule has 4 rings (SSSR count). The van der Waals surface area contributed by atoms with Gasteiger partial charge in [-0.05, 0) is 62.6 Å². The highest BCUT2D eigenvalue weighted by molar-refractivity contribution is 9.10. The Morgan fingerprint density at radius 1 is 1.17 bits per heavy atom. The molecule has 0 unspecified atom stereocenters. The molecular weight excluding hydrogens is 364 g/mol. The lowest BCUT2D eigenvalue weighted by atomic mass is 10.2. The van der Waals surface area contributed by atoms with E-state index in [9.17, 15) is 0 Å². The summed E-state index contributed by atoms with van der Waals surface area (Å²) in [6.07, 6.45) is 9.40. The van der Waals surface area contributed by atoms with Crippen molar-refractivity contribution in [2.45, 2.75) is 45.6 Å². The highest BCUT2D eigenvalue weighted by atomic mass is 79.9. The second kappa shape index (κ2) is 6.25. The van der Waals surface area contributed by atoms with E-state index in [1.54, 1.807) is 0 Å². The lowest BCUT2D eigenvalue weighted by Crippen LogP contribution is -2.08. The maximum Gasteiger partial charge on any atom is 0.220 e. The van der Waals surface area contributed by atoms with Crippen LogP contribution in [0.3, 0.4) is 0 Å². The molecule has 0 aliphatic heterocycles. The van der Waals surface area contributed by atoms with E-state index in [1.807, 2.05) is 24.3 Å². The van der Waals surface area contributed by atoms with Crippen LogP contribution in [0.25, 0.3) is 23.3 Å². The first kappa shape index (κ1) is 15.7. The smallest absolute Gasteiger partial charge is 0.220 e. The van der Waals surface area contributed by atoms with Crippen LogP contribution in [0.15, 0.2) is 33.2 Å². The van der Waals surface area contributed by atoms with Crippen LogP contribution >= 0.6 is 15.9 Å². The number of rotatable bonds is 3. The highest BCUT2D eigenvalue weighted by Crippen LogP contribution is 2.33. The third kappa shape index (κ3) is 2.84. The first-order valence-corrected chi connectivity index (χ1v) is 9.34. The molecule has 2 aromatic heterocycles. The van der Waals surface area contributed by atoms with Crippen LogP contribution < -0.4 is 0 Å². The molecule has 1 saturated carbocycles. The van der Waals surface area contributed by atoms with E-state index in [1.165, 1.54) is 42.6 Å². The number of hydrogen-bond donors (Lipinski definition) is 0. The molecule has 0 N–H and O–H groups in total. The zero-order chi connectivity index (χ0) is 16.7. The Kier molecular flexibility index (Phi) is 4.09. The van der Waals surface area contributed by atoms with Gasteiger partial charge in [0.25, 0.3) is 0 Å². The van der Waals surface area contributed by atoms with Gasteiger partial charge in [-0.1, -0.05) is 28.8 Å². The second-order valence-electron chi connectivity index (χ2n) is 6.63. The number of hydrogen-bond acceptors (Lipinski definition) is 2. The minimum Gasteiger partial charge on any atom is -0.437 e. The van der Waals surface area contributed by atoms with Crippen molar-refractivity contribution in [1.29, 1.82) is 0 Å². The van der Waals surface area contributed by atoms with Gasteiger partial charge < -0.3 is 8.98 Å². The summed E-state index contributed by atoms with van der Waals surface area (Å²) < 4.78 is 9.32. The van der Waals surface area contributed by atoms with Gasteiger partial charge in [0.2, 0.25) is 5.89 Å². The van der Waals surface area contributed by atoms with Crippen molar-refractivity contribution in [3.8, 4) is 0 Å². The van der Waals surface area contributed by atoms with Gasteiger partial charge in [-0.25, -0.2) is 4.98 Å². The number of aromatic nitrogens is 2. The summed E-state index contributed by atoms with van der Waals surface area (Å²) in [4.78, 5) is 4.53. The predicted octanol–water partition coefficient (Wildman–Crippen LogP) is 6.29. The van der Waals surface area contributed by atoms with Gasteiger partial charge in [-0.2, -0.15) is 0 Å². The summed E-state index contributed by atoms with van der Waals surface area (Å²) in [5, 5.41) is 0. The Bertz CT molecular complexity index is 913. The first-order chi connectivity index (χ1) is 11.6. The molecule has 1 aliphatic carbocycles. The van der Waals surface area contributed by atoms with Gasteiger partial charge in [0.1, 0.15) is 5.52 Å². The standard InChI is InChI=1S/C20H21BrN2O/c1-13-11-15(14(2)23(13)17-5-3-4-6-17)7-10-20-22-18-12-16(21)8-9-19(18)24-20/h7-12,17H,3-6H2,1-2H3. The monoisotopic (exact) mass is 384 g/mol. The maximum absolute atomic E-state index is 5.80. The molecule has 0 bridgehead atoms. The van der Waals surface area contributed by atoms with Crippen LogP contribution in [0, 0.1) is 13.8 Å². The average molecular weight is 385 g/mol. The van der Waals surface area contributed by atoms with Crippen LogP contribution in [-0.2, 0) is 0 Å². The first-order valence-electron chi connectivity index (χ1n) is 8.54. The van der Waals surface area contributed by atoms with E-state index < -0.39 is 0 Å². The van der Waals surface area contributed by atoms with Crippen LogP contribution in [0.4, 0.5) is 0 Å². The van der Waals surface area contributed by atoms with Gasteiger partial charge in [-0.15, -0.1) is 0 Å². The van der Waals surface area contributed by atoms with Crippen LogP contribution in [0.5, 0.6) is 0 Å². The molecule has 3 aromatic rings. The summed E-state index contributed by atoms with van der Waals surface area (Å²) >= 11 is 3.47. The number of aryl methyl sites for hydroxylation is 1. The molecule has 0 amide bonds. The molecule has 0 atom stereocenters. The van der Waals surface area contributed by atoms with Crippen molar-refractivity contribution in [2.24, 2.45) is 0 Å². The maximum atomic E-state index is 5.80. The Morgan fingerprint density at radius 2 is 1.96 bits per heavy atom. The summed E-state index contributed by atoms with van der Waals surface area (Å²) in [6.45, 7) is 4.42. The van der Waals surface area contributed by atoms with Crippen LogP contribution in [-0.4, -0.2) is 9.55 Å². The minimum atomic E-state index is 0.647. The van der Waals surface area contributed by atoms with E-state index in [2.05, 4.69) is 51.5 Å². The van der Waals surface area contributed by atoms with Crippen LogP contribution in [0.1, 0.15) is 54.6 Å². The number of halogens is 1. The fourth-order valence-electron chi connectivity index (χ4n) is 3.85. The predicted molar refractivity (Wildman–Crippen MR) is 102 cm³/mol. The van der Waals surface area contributed by atoms with Gasteiger partial charge >= 0.3 is 0 Å². The fourth-order valence-corrected chi connectivity index (χ4v) is 4.20. The quantitative estimate of drug-likeness (QED) is 0.530. The Morgan fingerprint density at radius 3 is 2.75 bits per heavy atom. The van der Waals surface area contributed by atoms with Crippen molar-refractivity contribution >= 4 is 39.2 Å². The largest absolute Gasteiger partial charge is 0.437 e. The SMILES string of the molecule is Cc1cc(C=Cc2nc3cc(Br)ccc3o2)c(C)n1C1CCCC1. The van der Waals surface area contributed by atoms with E-state index in [0.29, 0.717) is 11.9 Å². The molecule has 0 saturated heterocycles. The van der Waals surface area contributed by atoms with Crippen molar-refractivity contribution in [3.63, 3.8) is 0 Å². The zero-order valence-electron chi connectivity index (χ0n) is 14.1. The lowest BCUT2D eigenvalue weighted by molar-refractivity contribution is 0.500. The molecule has 1 aromatic carbocycles. The Labute approximate surface area is 150 Å². The molecule has 24 heavy (non-hydrogen) atoms. The summed E-state index contributed by atoms with van der Waals surface area (Å²) in [6, 6.07) is 8.83. The molecule has 1 aliphatic rings. The summed E-state index contributed by atoms with van der Waals surface area (Å²) in [5.74, 6) is 0.647. The molecule has 124 valence electrons. The van der Waals surface area contributed by atoms with Gasteiger partial charge in [0.15, 0.2) is 5.58 Å². The Hall–Kier alpha value is -1.81. The number of fused-ring (bicyclic) bond motifs is 1. The van der Waals surface area contributed by atoms with E-state index in [4.69, 9.17) is 4.42 Å². The summed E-state index contributed by atoms with van der Waals surface area (Å²) in [5.41, 5.74) is 5.63. The molecule has 0 spiro atoms. The number of oxazole rings is 1. The molecule has 2 heterocycles. The fraction of sp³-hybridized carbons (Fsp3) is 0.350. The third-order valence-electron chi connectivity index (χ3n) is 4.98. The van der Waals surface area contributed by atoms with Crippen molar-refractivity contribution in [1.82, 2.24) is 9.55 Å². The van der Waals surface area contributed by atoms with E-state index in [0.717, 1.165) is 15.6 Å². The van der Waals surface area contributed by atoms with E-state index in [-0.39, 0.29) is 0 Å². The number of nitrogens with zero attached hydrogens (tertiary/aromatic N) is 2. The summed E-state index contributed by atoms with van der Waals surface area (Å²) in [7, 11) is 0. The molecular formula is C20H21BrN2O. The van der Waals surface area contributed by atoms with Gasteiger partial charge in [0.05, 0.1) is 0 Å². The van der Waals surface area contributed by atoms with Gasteiger partial charge in [-0.3, -0.25) is 0 Å². The number of benzene rings is 1. The topological polar surface area (TPSA) is 31.0 Å². The minimum absolute atomic E-state index is 0.647.